The third-order valence-electron chi connectivity index (χ3n) is 5.63. The molecule has 31 heavy (non-hydrogen) atoms. The zero-order valence-electron chi connectivity index (χ0n) is 18.8. The minimum Gasteiger partial charge on any atom is -0.379 e. The van der Waals surface area contributed by atoms with Crippen molar-refractivity contribution < 1.29 is 9.53 Å². The number of morpholine rings is 1. The van der Waals surface area contributed by atoms with Crippen LogP contribution in [0, 0.1) is 5.92 Å². The number of guanidine groups is 1. The van der Waals surface area contributed by atoms with Gasteiger partial charge in [-0.25, -0.2) is 0 Å². The van der Waals surface area contributed by atoms with Gasteiger partial charge in [0.15, 0.2) is 5.96 Å². The fraction of sp³-hybridized carbons (Fsp3) is 0.636. The third kappa shape index (κ3) is 9.11. The minimum absolute atomic E-state index is 0. The number of carbonyl (C=O) groups excluding carboxylic acids is 1. The molecule has 1 unspecified atom stereocenters. The Morgan fingerprint density at radius 1 is 1.13 bits per heavy atom. The lowest BCUT2D eigenvalue weighted by Gasteiger charge is -2.39. The monoisotopic (exact) mass is 565 g/mol. The molecule has 176 valence electrons. The number of carbonyl (C=O) groups is 1. The van der Waals surface area contributed by atoms with E-state index >= 15 is 0 Å². The molecule has 1 aromatic rings. The molecule has 7 nitrogen and oxygen atoms in total. The van der Waals surface area contributed by atoms with Gasteiger partial charge in [-0.2, -0.15) is 0 Å². The van der Waals surface area contributed by atoms with E-state index in [1.807, 2.05) is 6.07 Å². The van der Waals surface area contributed by atoms with E-state index in [1.54, 1.807) is 25.2 Å². The van der Waals surface area contributed by atoms with Gasteiger partial charge in [-0.3, -0.25) is 14.7 Å². The normalized spacial score (nSPS) is 15.8. The second-order valence-electron chi connectivity index (χ2n) is 7.41. The van der Waals surface area contributed by atoms with Crippen LogP contribution in [0.3, 0.4) is 0 Å². The summed E-state index contributed by atoms with van der Waals surface area (Å²) in [5.74, 6) is 1.20. The third-order valence-corrected chi connectivity index (χ3v) is 5.96. The largest absolute Gasteiger partial charge is 0.379 e. The van der Waals surface area contributed by atoms with Gasteiger partial charge in [0.25, 0.3) is 5.91 Å². The summed E-state index contributed by atoms with van der Waals surface area (Å²) in [5, 5.41) is 10.1. The summed E-state index contributed by atoms with van der Waals surface area (Å²) >= 11 is 6.07. The molecule has 3 N–H and O–H groups in total. The van der Waals surface area contributed by atoms with Crippen molar-refractivity contribution in [3.63, 3.8) is 0 Å². The maximum absolute atomic E-state index is 12.2. The van der Waals surface area contributed by atoms with Crippen LogP contribution in [-0.2, 0) is 4.74 Å². The van der Waals surface area contributed by atoms with Crippen molar-refractivity contribution in [2.45, 2.75) is 32.7 Å². The van der Waals surface area contributed by atoms with Gasteiger partial charge in [0.1, 0.15) is 0 Å². The first-order valence-electron chi connectivity index (χ1n) is 10.9. The van der Waals surface area contributed by atoms with E-state index in [1.165, 1.54) is 0 Å². The van der Waals surface area contributed by atoms with Crippen LogP contribution in [-0.4, -0.2) is 75.8 Å². The molecule has 1 saturated heterocycles. The van der Waals surface area contributed by atoms with E-state index in [4.69, 9.17) is 16.3 Å². The molecule has 0 bridgehead atoms. The molecule has 1 atom stereocenters. The van der Waals surface area contributed by atoms with Crippen molar-refractivity contribution in [3.05, 3.63) is 34.9 Å². The number of hydrogen-bond donors (Lipinski definition) is 3. The number of ether oxygens (including phenoxy) is 1. The van der Waals surface area contributed by atoms with E-state index in [0.717, 1.165) is 51.6 Å². The van der Waals surface area contributed by atoms with Crippen LogP contribution >= 0.6 is 35.6 Å². The SMILES string of the molecule is CCC(CC)C(CNC(=NC)NCCNC(=O)c1ccccc1Cl)N1CCOCC1.I. The number of nitrogens with zero attached hydrogens (tertiary/aromatic N) is 2. The summed E-state index contributed by atoms with van der Waals surface area (Å²) in [7, 11) is 1.76. The van der Waals surface area contributed by atoms with Crippen LogP contribution < -0.4 is 16.0 Å². The number of aliphatic imine (C=N–C) groups is 1. The van der Waals surface area contributed by atoms with Gasteiger partial charge in [0, 0.05) is 45.8 Å². The Morgan fingerprint density at radius 3 is 2.39 bits per heavy atom. The van der Waals surface area contributed by atoms with Gasteiger partial charge in [-0.05, 0) is 18.1 Å². The molecular weight excluding hydrogens is 529 g/mol. The minimum atomic E-state index is -0.175. The summed E-state index contributed by atoms with van der Waals surface area (Å²) < 4.78 is 5.53. The van der Waals surface area contributed by atoms with Gasteiger partial charge in [0.05, 0.1) is 23.8 Å². The van der Waals surface area contributed by atoms with Crippen molar-refractivity contribution in [1.82, 2.24) is 20.9 Å². The predicted octanol–water partition coefficient (Wildman–Crippen LogP) is 2.99. The molecule has 9 heteroatoms. The maximum atomic E-state index is 12.2. The summed E-state index contributed by atoms with van der Waals surface area (Å²) in [4.78, 5) is 19.1. The Morgan fingerprint density at radius 2 is 1.77 bits per heavy atom. The van der Waals surface area contributed by atoms with Gasteiger partial charge in [-0.15, -0.1) is 24.0 Å². The Labute approximate surface area is 208 Å². The summed E-state index contributed by atoms with van der Waals surface area (Å²) in [6.45, 7) is 9.95. The molecular formula is C22H37ClIN5O2. The second kappa shape index (κ2) is 15.7. The van der Waals surface area contributed by atoms with E-state index in [-0.39, 0.29) is 29.9 Å². The Kier molecular flexibility index (Phi) is 14.1. The quantitative estimate of drug-likeness (QED) is 0.176. The summed E-state index contributed by atoms with van der Waals surface area (Å²) in [5.41, 5.74) is 0.486. The highest BCUT2D eigenvalue weighted by atomic mass is 127. The molecule has 1 heterocycles. The van der Waals surface area contributed by atoms with E-state index < -0.39 is 0 Å². The van der Waals surface area contributed by atoms with Crippen LogP contribution in [0.1, 0.15) is 37.0 Å². The Balaban J connectivity index is 0.00000480. The van der Waals surface area contributed by atoms with Crippen molar-refractivity contribution in [1.29, 1.82) is 0 Å². The first kappa shape index (κ1) is 27.9. The van der Waals surface area contributed by atoms with Gasteiger partial charge in [0.2, 0.25) is 0 Å². The average molecular weight is 566 g/mol. The number of halogens is 2. The lowest BCUT2D eigenvalue weighted by molar-refractivity contribution is 0.00272. The molecule has 0 aliphatic carbocycles. The number of nitrogens with one attached hydrogen (secondary N) is 3. The van der Waals surface area contributed by atoms with Crippen LogP contribution in [0.25, 0.3) is 0 Å². The number of hydrogen-bond acceptors (Lipinski definition) is 4. The van der Waals surface area contributed by atoms with Gasteiger partial charge >= 0.3 is 0 Å². The topological polar surface area (TPSA) is 78.0 Å². The molecule has 1 aromatic carbocycles. The molecule has 0 aromatic heterocycles. The first-order chi connectivity index (χ1) is 14.6. The fourth-order valence-electron chi connectivity index (χ4n) is 3.86. The van der Waals surface area contributed by atoms with Crippen molar-refractivity contribution >= 4 is 47.4 Å². The van der Waals surface area contributed by atoms with Crippen LogP contribution in [0.2, 0.25) is 5.02 Å². The van der Waals surface area contributed by atoms with Crippen molar-refractivity contribution in [3.8, 4) is 0 Å². The van der Waals surface area contributed by atoms with Crippen LogP contribution in [0.4, 0.5) is 0 Å². The smallest absolute Gasteiger partial charge is 0.252 e. The van der Waals surface area contributed by atoms with Crippen molar-refractivity contribution in [2.24, 2.45) is 10.9 Å². The molecule has 1 amide bonds. The zero-order valence-corrected chi connectivity index (χ0v) is 21.9. The fourth-order valence-corrected chi connectivity index (χ4v) is 4.08. The van der Waals surface area contributed by atoms with E-state index in [0.29, 0.717) is 35.6 Å². The standard InChI is InChI=1S/C22H36ClN5O2.HI/c1-4-17(5-2)20(28-12-14-30-15-13-28)16-27-22(24-3)26-11-10-25-21(29)18-8-6-7-9-19(18)23;/h6-9,17,20H,4-5,10-16H2,1-3H3,(H,25,29)(H2,24,26,27);1H. The summed E-state index contributed by atoms with van der Waals surface area (Å²) in [6, 6.07) is 7.49. The Hall–Kier alpha value is -1.10. The molecule has 1 aliphatic heterocycles. The van der Waals surface area contributed by atoms with Crippen molar-refractivity contribution in [2.75, 3.05) is 53.0 Å². The first-order valence-corrected chi connectivity index (χ1v) is 11.3. The summed E-state index contributed by atoms with van der Waals surface area (Å²) in [6.07, 6.45) is 2.31. The van der Waals surface area contributed by atoms with Crippen LogP contribution in [0.15, 0.2) is 29.3 Å². The zero-order chi connectivity index (χ0) is 21.8. The van der Waals surface area contributed by atoms with Gasteiger partial charge in [-0.1, -0.05) is 50.4 Å². The lowest BCUT2D eigenvalue weighted by atomic mass is 9.92. The highest BCUT2D eigenvalue weighted by Crippen LogP contribution is 2.19. The Bertz CT molecular complexity index is 682. The number of rotatable bonds is 10. The molecule has 1 aliphatic rings. The molecule has 2 rings (SSSR count). The van der Waals surface area contributed by atoms with E-state index in [9.17, 15) is 4.79 Å². The highest BCUT2D eigenvalue weighted by Gasteiger charge is 2.27. The van der Waals surface area contributed by atoms with Crippen LogP contribution in [0.5, 0.6) is 0 Å². The molecule has 0 spiro atoms. The van der Waals surface area contributed by atoms with Gasteiger partial charge < -0.3 is 20.7 Å². The average Bonchev–Trinajstić information content (AvgIpc) is 2.78. The predicted molar refractivity (Wildman–Crippen MR) is 139 cm³/mol. The molecule has 1 fully saturated rings. The second-order valence-corrected chi connectivity index (χ2v) is 7.82. The lowest BCUT2D eigenvalue weighted by Crippen LogP contribution is -2.53. The van der Waals surface area contributed by atoms with E-state index in [2.05, 4.69) is 39.7 Å². The maximum Gasteiger partial charge on any atom is 0.252 e. The number of amides is 1. The highest BCUT2D eigenvalue weighted by molar-refractivity contribution is 14.0. The molecule has 0 saturated carbocycles. The number of benzene rings is 1. The molecule has 0 radical (unpaired) electrons.